The van der Waals surface area contributed by atoms with Gasteiger partial charge in [-0.2, -0.15) is 0 Å². The monoisotopic (exact) mass is 425 g/mol. The molecule has 0 saturated heterocycles. The van der Waals surface area contributed by atoms with Crippen LogP contribution in [0, 0.1) is 5.92 Å². The van der Waals surface area contributed by atoms with E-state index in [0.29, 0.717) is 22.7 Å². The lowest BCUT2D eigenvalue weighted by atomic mass is 10.1. The Morgan fingerprint density at radius 1 is 1.25 bits per heavy atom. The highest BCUT2D eigenvalue weighted by molar-refractivity contribution is 6.33. The third-order valence-electron chi connectivity index (χ3n) is 4.27. The SMILES string of the molecule is CCC(C)C(=O)Nc1cccc(CNC(=O)c2cc(Cl)c(N)cc2OC)c1.Cl. The minimum Gasteiger partial charge on any atom is -0.496 e. The first kappa shape index (κ1) is 23.6. The minimum atomic E-state index is -0.331. The van der Waals surface area contributed by atoms with E-state index in [2.05, 4.69) is 10.6 Å². The zero-order chi connectivity index (χ0) is 20.0. The van der Waals surface area contributed by atoms with Crippen LogP contribution < -0.4 is 21.1 Å². The molecule has 0 heterocycles. The van der Waals surface area contributed by atoms with Crippen LogP contribution in [0.15, 0.2) is 36.4 Å². The lowest BCUT2D eigenvalue weighted by molar-refractivity contribution is -0.119. The summed E-state index contributed by atoms with van der Waals surface area (Å²) >= 11 is 6.01. The van der Waals surface area contributed by atoms with Crippen LogP contribution in [0.4, 0.5) is 11.4 Å². The maximum atomic E-state index is 12.5. The summed E-state index contributed by atoms with van der Waals surface area (Å²) in [4.78, 5) is 24.5. The van der Waals surface area contributed by atoms with Gasteiger partial charge in [-0.15, -0.1) is 12.4 Å². The van der Waals surface area contributed by atoms with Crippen molar-refractivity contribution in [1.82, 2.24) is 5.32 Å². The molecule has 0 bridgehead atoms. The third-order valence-corrected chi connectivity index (χ3v) is 4.60. The van der Waals surface area contributed by atoms with E-state index >= 15 is 0 Å². The Bertz CT molecular complexity index is 843. The zero-order valence-electron chi connectivity index (χ0n) is 16.0. The van der Waals surface area contributed by atoms with Crippen molar-refractivity contribution >= 4 is 47.2 Å². The smallest absolute Gasteiger partial charge is 0.255 e. The number of methoxy groups -OCH3 is 1. The van der Waals surface area contributed by atoms with E-state index in [1.165, 1.54) is 19.2 Å². The van der Waals surface area contributed by atoms with Gasteiger partial charge in [0.1, 0.15) is 5.75 Å². The molecule has 2 aromatic carbocycles. The summed E-state index contributed by atoms with van der Waals surface area (Å²) in [6.45, 7) is 4.13. The average molecular weight is 426 g/mol. The number of hydrogen-bond acceptors (Lipinski definition) is 4. The molecule has 2 rings (SSSR count). The highest BCUT2D eigenvalue weighted by atomic mass is 35.5. The van der Waals surface area contributed by atoms with Gasteiger partial charge in [-0.05, 0) is 30.2 Å². The summed E-state index contributed by atoms with van der Waals surface area (Å²) < 4.78 is 5.20. The molecule has 0 aromatic heterocycles. The molecule has 1 unspecified atom stereocenters. The number of nitrogen functional groups attached to an aromatic ring is 1. The number of anilines is 2. The van der Waals surface area contributed by atoms with Gasteiger partial charge < -0.3 is 21.1 Å². The second-order valence-corrected chi connectivity index (χ2v) is 6.66. The van der Waals surface area contributed by atoms with E-state index in [-0.39, 0.29) is 41.7 Å². The molecular formula is C20H25Cl2N3O3. The minimum absolute atomic E-state index is 0. The Hall–Kier alpha value is -2.44. The van der Waals surface area contributed by atoms with E-state index in [9.17, 15) is 9.59 Å². The molecule has 0 saturated carbocycles. The molecule has 0 aliphatic heterocycles. The van der Waals surface area contributed by atoms with Crippen molar-refractivity contribution in [2.45, 2.75) is 26.8 Å². The average Bonchev–Trinajstić information content (AvgIpc) is 2.67. The molecule has 4 N–H and O–H groups in total. The predicted molar refractivity (Wildman–Crippen MR) is 115 cm³/mol. The molecule has 0 aliphatic carbocycles. The van der Waals surface area contributed by atoms with Crippen molar-refractivity contribution in [2.75, 3.05) is 18.2 Å². The van der Waals surface area contributed by atoms with Crippen LogP contribution in [0.1, 0.15) is 36.2 Å². The Balaban J connectivity index is 0.00000392. The van der Waals surface area contributed by atoms with E-state index in [4.69, 9.17) is 22.1 Å². The number of hydrogen-bond donors (Lipinski definition) is 3. The van der Waals surface area contributed by atoms with Gasteiger partial charge >= 0.3 is 0 Å². The molecule has 152 valence electrons. The maximum Gasteiger partial charge on any atom is 0.255 e. The predicted octanol–water partition coefficient (Wildman–Crippen LogP) is 4.27. The molecule has 8 heteroatoms. The van der Waals surface area contributed by atoms with Gasteiger partial charge in [0.05, 0.1) is 23.4 Å². The van der Waals surface area contributed by atoms with Crippen molar-refractivity contribution in [1.29, 1.82) is 0 Å². The van der Waals surface area contributed by atoms with Gasteiger partial charge in [-0.3, -0.25) is 9.59 Å². The number of nitrogens with two attached hydrogens (primary N) is 1. The van der Waals surface area contributed by atoms with Crippen molar-refractivity contribution in [2.24, 2.45) is 5.92 Å². The zero-order valence-corrected chi connectivity index (χ0v) is 17.6. The maximum absolute atomic E-state index is 12.5. The van der Waals surface area contributed by atoms with Gasteiger partial charge in [-0.1, -0.05) is 37.6 Å². The first-order valence-electron chi connectivity index (χ1n) is 8.66. The molecule has 0 spiro atoms. The third kappa shape index (κ3) is 6.04. The van der Waals surface area contributed by atoms with Crippen LogP contribution >= 0.6 is 24.0 Å². The number of nitrogens with one attached hydrogen (secondary N) is 2. The summed E-state index contributed by atoms with van der Waals surface area (Å²) in [5.41, 5.74) is 7.93. The van der Waals surface area contributed by atoms with Crippen LogP contribution in [-0.2, 0) is 11.3 Å². The molecule has 1 atom stereocenters. The molecule has 2 amide bonds. The normalized spacial score (nSPS) is 11.1. The van der Waals surface area contributed by atoms with Crippen molar-refractivity contribution in [3.8, 4) is 5.75 Å². The van der Waals surface area contributed by atoms with Gasteiger partial charge in [0.15, 0.2) is 0 Å². The number of halogens is 2. The van der Waals surface area contributed by atoms with E-state index in [1.54, 1.807) is 0 Å². The molecule has 0 fully saturated rings. The summed E-state index contributed by atoms with van der Waals surface area (Å²) in [6.07, 6.45) is 0.771. The summed E-state index contributed by atoms with van der Waals surface area (Å²) in [6, 6.07) is 10.3. The van der Waals surface area contributed by atoms with Crippen molar-refractivity contribution in [3.05, 3.63) is 52.5 Å². The standard InChI is InChI=1S/C20H24ClN3O3.ClH/c1-4-12(2)19(25)24-14-7-5-6-13(8-14)11-23-20(26)15-9-16(21)17(22)10-18(15)27-3;/h5-10,12H,4,11,22H2,1-3H3,(H,23,26)(H,24,25);1H. The van der Waals surface area contributed by atoms with Crippen molar-refractivity contribution in [3.63, 3.8) is 0 Å². The summed E-state index contributed by atoms with van der Waals surface area (Å²) in [5, 5.41) is 5.99. The molecule has 28 heavy (non-hydrogen) atoms. The number of carbonyl (C=O) groups is 2. The Labute approximate surface area is 176 Å². The summed E-state index contributed by atoms with van der Waals surface area (Å²) in [7, 11) is 1.46. The Morgan fingerprint density at radius 3 is 2.61 bits per heavy atom. The second-order valence-electron chi connectivity index (χ2n) is 6.26. The molecule has 0 aliphatic rings. The van der Waals surface area contributed by atoms with Gasteiger partial charge in [0, 0.05) is 24.2 Å². The fraction of sp³-hybridized carbons (Fsp3) is 0.300. The molecule has 2 aromatic rings. The number of carbonyl (C=O) groups excluding carboxylic acids is 2. The number of amides is 2. The van der Waals surface area contributed by atoms with Gasteiger partial charge in [0.25, 0.3) is 5.91 Å². The topological polar surface area (TPSA) is 93.5 Å². The molecule has 0 radical (unpaired) electrons. The van der Waals surface area contributed by atoms with Crippen LogP contribution in [0.2, 0.25) is 5.02 Å². The first-order valence-corrected chi connectivity index (χ1v) is 9.04. The van der Waals surface area contributed by atoms with E-state index in [0.717, 1.165) is 12.0 Å². The van der Waals surface area contributed by atoms with Crippen LogP contribution in [0.25, 0.3) is 0 Å². The second kappa shape index (κ2) is 10.8. The number of rotatable bonds is 7. The van der Waals surface area contributed by atoms with Crippen molar-refractivity contribution < 1.29 is 14.3 Å². The van der Waals surface area contributed by atoms with Gasteiger partial charge in [0.2, 0.25) is 5.91 Å². The molecule has 6 nitrogen and oxygen atoms in total. The highest BCUT2D eigenvalue weighted by Gasteiger charge is 2.15. The highest BCUT2D eigenvalue weighted by Crippen LogP contribution is 2.28. The first-order chi connectivity index (χ1) is 12.8. The van der Waals surface area contributed by atoms with E-state index < -0.39 is 0 Å². The molecular weight excluding hydrogens is 401 g/mol. The fourth-order valence-corrected chi connectivity index (χ4v) is 2.57. The number of benzene rings is 2. The largest absolute Gasteiger partial charge is 0.496 e. The lowest BCUT2D eigenvalue weighted by Gasteiger charge is -2.13. The fourth-order valence-electron chi connectivity index (χ4n) is 2.40. The van der Waals surface area contributed by atoms with Gasteiger partial charge in [-0.25, -0.2) is 0 Å². The van der Waals surface area contributed by atoms with Crippen LogP contribution in [0.3, 0.4) is 0 Å². The van der Waals surface area contributed by atoms with E-state index in [1.807, 2.05) is 38.1 Å². The summed E-state index contributed by atoms with van der Waals surface area (Å²) in [5.74, 6) is -0.0669. The Morgan fingerprint density at radius 2 is 1.96 bits per heavy atom. The lowest BCUT2D eigenvalue weighted by Crippen LogP contribution is -2.24. The van der Waals surface area contributed by atoms with Crippen LogP contribution in [-0.4, -0.2) is 18.9 Å². The quantitative estimate of drug-likeness (QED) is 0.577. The number of ether oxygens (including phenoxy) is 1. The Kier molecular flexibility index (Phi) is 9.09. The van der Waals surface area contributed by atoms with Crippen LogP contribution in [0.5, 0.6) is 5.75 Å².